The number of hydrogen-bond acceptors (Lipinski definition) is 11. The van der Waals surface area contributed by atoms with Gasteiger partial charge in [0.2, 0.25) is 14.2 Å². The average Bonchev–Trinajstić information content (AvgIpc) is 3.26. The minimum atomic E-state index is -2.67. The van der Waals surface area contributed by atoms with Crippen LogP contribution in [-0.2, 0) is 25.5 Å². The van der Waals surface area contributed by atoms with E-state index < -0.39 is 25.8 Å². The highest BCUT2D eigenvalue weighted by Crippen LogP contribution is 2.36. The zero-order chi connectivity index (χ0) is 22.1. The van der Waals surface area contributed by atoms with Crippen LogP contribution in [0, 0.1) is 0 Å². The Kier molecular flexibility index (Phi) is 6.85. The van der Waals surface area contributed by atoms with Gasteiger partial charge in [-0.3, -0.25) is 4.57 Å². The number of carbonyl (C=O) groups is 1. The number of carbonyl (C=O) groups excluding carboxylic acids is 1. The molecule has 1 fully saturated rings. The monoisotopic (exact) mass is 442 g/mol. The Morgan fingerprint density at radius 2 is 2.13 bits per heavy atom. The van der Waals surface area contributed by atoms with Gasteiger partial charge in [0.25, 0.3) is 0 Å². The lowest BCUT2D eigenvalue weighted by Gasteiger charge is -2.25. The summed E-state index contributed by atoms with van der Waals surface area (Å²) >= 11 is 0. The summed E-state index contributed by atoms with van der Waals surface area (Å²) in [5.41, 5.74) is 11.8. The first-order chi connectivity index (χ1) is 14.1. The number of anilines is 1. The number of hydrogen-bond donors (Lipinski definition) is 4. The lowest BCUT2D eigenvalue weighted by atomic mass is 10.2. The van der Waals surface area contributed by atoms with Gasteiger partial charge in [0.05, 0.1) is 25.6 Å². The van der Waals surface area contributed by atoms with Crippen molar-refractivity contribution in [1.82, 2.24) is 19.5 Å². The minimum Gasteiger partial charge on any atom is -0.458 e. The van der Waals surface area contributed by atoms with Crippen LogP contribution in [0.15, 0.2) is 6.33 Å². The predicted molar refractivity (Wildman–Crippen MR) is 108 cm³/mol. The molecular formula is C17H27N6O6P. The normalized spacial score (nSPS) is 20.8. The summed E-state index contributed by atoms with van der Waals surface area (Å²) in [6.07, 6.45) is 2.12. The van der Waals surface area contributed by atoms with Gasteiger partial charge in [0.1, 0.15) is 23.2 Å². The van der Waals surface area contributed by atoms with Gasteiger partial charge in [-0.05, 0) is 33.6 Å². The number of nitrogen functional groups attached to an aromatic ring is 1. The first-order valence-corrected chi connectivity index (χ1v) is 10.8. The standard InChI is InChI=1S/C17H27N6O6P/c1-17(2,3)29-15(24)16(30(25)26)27-7-9-4-5-11(28-9)23-8-20-12-13(19)21-10(6-18)22-14(12)23/h8-9,11,16,25-26H,4-7,18H2,1-3H3,(H2,19,21,22). The molecule has 6 N–H and O–H groups in total. The molecule has 0 spiro atoms. The largest absolute Gasteiger partial charge is 0.458 e. The van der Waals surface area contributed by atoms with E-state index in [1.54, 1.807) is 31.7 Å². The SMILES string of the molecule is CC(C)(C)OC(=O)C(OCC1CCC(n2cnc3c(N)nc(CN)nc32)O1)P(O)O. The van der Waals surface area contributed by atoms with Gasteiger partial charge in [0.15, 0.2) is 11.5 Å². The number of esters is 1. The summed E-state index contributed by atoms with van der Waals surface area (Å²) in [6.45, 7) is 5.20. The Balaban J connectivity index is 1.65. The van der Waals surface area contributed by atoms with Gasteiger partial charge < -0.3 is 35.5 Å². The quantitative estimate of drug-likeness (QED) is 0.347. The van der Waals surface area contributed by atoms with E-state index in [0.29, 0.717) is 29.8 Å². The van der Waals surface area contributed by atoms with Gasteiger partial charge in [-0.2, -0.15) is 0 Å². The first kappa shape index (κ1) is 22.7. The lowest BCUT2D eigenvalue weighted by Crippen LogP contribution is -2.34. The number of imidazole rings is 1. The Labute approximate surface area is 174 Å². The molecule has 13 heteroatoms. The molecule has 3 heterocycles. The van der Waals surface area contributed by atoms with Crippen molar-refractivity contribution in [3.05, 3.63) is 12.2 Å². The van der Waals surface area contributed by atoms with Crippen molar-refractivity contribution in [1.29, 1.82) is 0 Å². The van der Waals surface area contributed by atoms with E-state index in [4.69, 9.17) is 25.7 Å². The zero-order valence-electron chi connectivity index (χ0n) is 17.1. The number of aromatic nitrogens is 4. The molecule has 12 nitrogen and oxygen atoms in total. The number of rotatable bonds is 7. The molecule has 2 aromatic rings. The Morgan fingerprint density at radius 3 is 2.77 bits per heavy atom. The van der Waals surface area contributed by atoms with Crippen LogP contribution in [0.1, 0.15) is 45.7 Å². The van der Waals surface area contributed by atoms with E-state index >= 15 is 0 Å². The maximum absolute atomic E-state index is 12.2. The molecule has 166 valence electrons. The molecule has 0 amide bonds. The molecule has 3 unspecified atom stereocenters. The Hall–Kier alpha value is -1.95. The van der Waals surface area contributed by atoms with Crippen LogP contribution in [-0.4, -0.2) is 59.4 Å². The van der Waals surface area contributed by atoms with Gasteiger partial charge in [-0.15, -0.1) is 0 Å². The average molecular weight is 442 g/mol. The Morgan fingerprint density at radius 1 is 1.40 bits per heavy atom. The van der Waals surface area contributed by atoms with Crippen molar-refractivity contribution in [3.63, 3.8) is 0 Å². The highest BCUT2D eigenvalue weighted by Gasteiger charge is 2.35. The molecule has 0 radical (unpaired) electrons. The van der Waals surface area contributed by atoms with E-state index in [9.17, 15) is 14.6 Å². The van der Waals surface area contributed by atoms with Crippen LogP contribution in [0.25, 0.3) is 11.2 Å². The van der Waals surface area contributed by atoms with Crippen molar-refractivity contribution in [2.45, 2.75) is 63.9 Å². The van der Waals surface area contributed by atoms with Crippen LogP contribution in [0.5, 0.6) is 0 Å². The number of fused-ring (bicyclic) bond motifs is 1. The summed E-state index contributed by atoms with van der Waals surface area (Å²) in [4.78, 5) is 44.0. The number of nitrogens with two attached hydrogens (primary N) is 2. The fourth-order valence-electron chi connectivity index (χ4n) is 3.08. The van der Waals surface area contributed by atoms with Gasteiger partial charge in [-0.1, -0.05) is 0 Å². The van der Waals surface area contributed by atoms with E-state index in [-0.39, 0.29) is 31.3 Å². The second-order valence-electron chi connectivity index (χ2n) is 7.88. The minimum absolute atomic E-state index is 0.00182. The Bertz CT molecular complexity index is 901. The maximum Gasteiger partial charge on any atom is 0.345 e. The summed E-state index contributed by atoms with van der Waals surface area (Å²) in [6, 6.07) is 0. The fourth-order valence-corrected chi connectivity index (χ4v) is 3.54. The number of nitrogens with zero attached hydrogens (tertiary/aromatic N) is 4. The third-order valence-electron chi connectivity index (χ3n) is 4.33. The molecule has 0 saturated carbocycles. The molecule has 1 aliphatic heterocycles. The van der Waals surface area contributed by atoms with Crippen molar-refractivity contribution in [3.8, 4) is 0 Å². The first-order valence-electron chi connectivity index (χ1n) is 9.45. The van der Waals surface area contributed by atoms with Gasteiger partial charge in [-0.25, -0.2) is 19.7 Å². The summed E-state index contributed by atoms with van der Waals surface area (Å²) in [5.74, 6) is -1.64. The fraction of sp³-hybridized carbons (Fsp3) is 0.647. The molecule has 3 atom stereocenters. The maximum atomic E-state index is 12.2. The van der Waals surface area contributed by atoms with E-state index in [1.165, 1.54) is 0 Å². The van der Waals surface area contributed by atoms with Crippen LogP contribution >= 0.6 is 8.38 Å². The molecular weight excluding hydrogens is 415 g/mol. The van der Waals surface area contributed by atoms with Gasteiger partial charge >= 0.3 is 5.97 Å². The van der Waals surface area contributed by atoms with Crippen molar-refractivity contribution >= 4 is 31.3 Å². The van der Waals surface area contributed by atoms with Crippen LogP contribution in [0.2, 0.25) is 0 Å². The van der Waals surface area contributed by atoms with E-state index in [1.807, 2.05) is 0 Å². The summed E-state index contributed by atoms with van der Waals surface area (Å²) in [5, 5.41) is 0. The van der Waals surface area contributed by atoms with Crippen molar-refractivity contribution in [2.75, 3.05) is 12.3 Å². The molecule has 2 aromatic heterocycles. The second-order valence-corrected chi connectivity index (χ2v) is 8.99. The molecule has 1 aliphatic rings. The highest BCUT2D eigenvalue weighted by molar-refractivity contribution is 7.46. The van der Waals surface area contributed by atoms with Crippen LogP contribution in [0.4, 0.5) is 5.82 Å². The second kappa shape index (κ2) is 9.04. The zero-order valence-corrected chi connectivity index (χ0v) is 18.0. The molecule has 0 aliphatic carbocycles. The third-order valence-corrected chi connectivity index (χ3v) is 5.11. The highest BCUT2D eigenvalue weighted by atomic mass is 31.2. The smallest absolute Gasteiger partial charge is 0.345 e. The van der Waals surface area contributed by atoms with Crippen LogP contribution < -0.4 is 11.5 Å². The lowest BCUT2D eigenvalue weighted by molar-refractivity contribution is -0.165. The van der Waals surface area contributed by atoms with E-state index in [2.05, 4.69) is 15.0 Å². The predicted octanol–water partition coefficient (Wildman–Crippen LogP) is 0.526. The summed E-state index contributed by atoms with van der Waals surface area (Å²) < 4.78 is 18.4. The van der Waals surface area contributed by atoms with E-state index in [0.717, 1.165) is 0 Å². The number of ether oxygens (including phenoxy) is 3. The topological polar surface area (TPSA) is 181 Å². The molecule has 30 heavy (non-hydrogen) atoms. The van der Waals surface area contributed by atoms with Crippen molar-refractivity contribution in [2.24, 2.45) is 5.73 Å². The molecule has 1 saturated heterocycles. The molecule has 0 aromatic carbocycles. The van der Waals surface area contributed by atoms with Gasteiger partial charge in [0, 0.05) is 0 Å². The third kappa shape index (κ3) is 5.20. The summed E-state index contributed by atoms with van der Waals surface area (Å²) in [7, 11) is -2.67. The van der Waals surface area contributed by atoms with Crippen LogP contribution in [0.3, 0.4) is 0 Å². The van der Waals surface area contributed by atoms with Crippen molar-refractivity contribution < 1.29 is 28.8 Å². The molecule has 0 bridgehead atoms. The molecule has 3 rings (SSSR count).